The molecule has 1 aliphatic rings. The zero-order valence-electron chi connectivity index (χ0n) is 13.0. The molecule has 0 N–H and O–H groups in total. The van der Waals surface area contributed by atoms with Gasteiger partial charge in [-0.1, -0.05) is 6.92 Å². The lowest BCUT2D eigenvalue weighted by Gasteiger charge is -2.23. The standard InChI is InChI=1S/C13H17ClN4O5/c1-4-8-10(18(20)21)11(16-13(14)15-8)17-6-7(22-2)5-9(17)12(19)23-3/h7,9H,4-6H2,1-3H3/t7-,9+/m1/s1. The number of methoxy groups -OCH3 is 2. The van der Waals surface area contributed by atoms with Gasteiger partial charge in [-0.05, 0) is 18.0 Å². The van der Waals surface area contributed by atoms with Gasteiger partial charge in [0.15, 0.2) is 0 Å². The van der Waals surface area contributed by atoms with E-state index in [4.69, 9.17) is 21.1 Å². The van der Waals surface area contributed by atoms with Crippen molar-refractivity contribution in [2.24, 2.45) is 0 Å². The van der Waals surface area contributed by atoms with Crippen molar-refractivity contribution in [3.8, 4) is 0 Å². The van der Waals surface area contributed by atoms with E-state index in [0.29, 0.717) is 12.8 Å². The Bertz CT molecular complexity index is 627. The van der Waals surface area contributed by atoms with Crippen LogP contribution in [-0.2, 0) is 20.7 Å². The fourth-order valence-electron chi connectivity index (χ4n) is 2.65. The third kappa shape index (κ3) is 3.35. The average molecular weight is 345 g/mol. The fourth-order valence-corrected chi connectivity index (χ4v) is 2.84. The number of hydrogen-bond acceptors (Lipinski definition) is 8. The van der Waals surface area contributed by atoms with Gasteiger partial charge in [0.2, 0.25) is 11.1 Å². The van der Waals surface area contributed by atoms with Crippen molar-refractivity contribution in [1.82, 2.24) is 9.97 Å². The van der Waals surface area contributed by atoms with E-state index in [9.17, 15) is 14.9 Å². The molecule has 10 heteroatoms. The molecule has 0 radical (unpaired) electrons. The van der Waals surface area contributed by atoms with Gasteiger partial charge in [0, 0.05) is 20.1 Å². The van der Waals surface area contributed by atoms with Crippen LogP contribution in [0.15, 0.2) is 0 Å². The number of nitro groups is 1. The van der Waals surface area contributed by atoms with Gasteiger partial charge < -0.3 is 14.4 Å². The van der Waals surface area contributed by atoms with Crippen LogP contribution in [0.25, 0.3) is 0 Å². The molecule has 2 rings (SSSR count). The van der Waals surface area contributed by atoms with Crippen LogP contribution in [0, 0.1) is 10.1 Å². The number of ether oxygens (including phenoxy) is 2. The normalized spacial score (nSPS) is 20.6. The van der Waals surface area contributed by atoms with Gasteiger partial charge in [-0.2, -0.15) is 4.98 Å². The number of halogens is 1. The number of hydrogen-bond donors (Lipinski definition) is 0. The number of nitrogens with zero attached hydrogens (tertiary/aromatic N) is 4. The van der Waals surface area contributed by atoms with E-state index in [1.165, 1.54) is 19.1 Å². The lowest BCUT2D eigenvalue weighted by Crippen LogP contribution is -2.38. The predicted octanol–water partition coefficient (Wildman–Crippen LogP) is 1.37. The highest BCUT2D eigenvalue weighted by molar-refractivity contribution is 6.28. The molecule has 0 unspecified atom stereocenters. The molecule has 0 aromatic carbocycles. The summed E-state index contributed by atoms with van der Waals surface area (Å²) in [5.74, 6) is -0.492. The summed E-state index contributed by atoms with van der Waals surface area (Å²) in [6.45, 7) is 2.00. The van der Waals surface area contributed by atoms with Crippen molar-refractivity contribution in [3.63, 3.8) is 0 Å². The molecule has 23 heavy (non-hydrogen) atoms. The second-order valence-corrected chi connectivity index (χ2v) is 5.35. The van der Waals surface area contributed by atoms with Crippen LogP contribution in [0.2, 0.25) is 5.28 Å². The van der Waals surface area contributed by atoms with Crippen LogP contribution >= 0.6 is 11.6 Å². The summed E-state index contributed by atoms with van der Waals surface area (Å²) >= 11 is 5.90. The summed E-state index contributed by atoms with van der Waals surface area (Å²) in [7, 11) is 2.78. The third-order valence-corrected chi connectivity index (χ3v) is 3.94. The highest BCUT2D eigenvalue weighted by atomic mass is 35.5. The Morgan fingerprint density at radius 1 is 1.48 bits per heavy atom. The van der Waals surface area contributed by atoms with E-state index in [2.05, 4.69) is 9.97 Å². The smallest absolute Gasteiger partial charge is 0.332 e. The highest BCUT2D eigenvalue weighted by Gasteiger charge is 2.42. The molecule has 2 atom stereocenters. The van der Waals surface area contributed by atoms with Gasteiger partial charge in [-0.15, -0.1) is 0 Å². The Hall–Kier alpha value is -2.00. The molecular weight excluding hydrogens is 328 g/mol. The molecule has 1 aromatic heterocycles. The van der Waals surface area contributed by atoms with Crippen molar-refractivity contribution in [1.29, 1.82) is 0 Å². The van der Waals surface area contributed by atoms with E-state index < -0.39 is 16.9 Å². The Balaban J connectivity index is 2.56. The summed E-state index contributed by atoms with van der Waals surface area (Å²) in [6.07, 6.45) is 0.400. The van der Waals surface area contributed by atoms with Crippen LogP contribution in [-0.4, -0.2) is 53.8 Å². The summed E-state index contributed by atoms with van der Waals surface area (Å²) < 4.78 is 10.1. The van der Waals surface area contributed by atoms with Gasteiger partial charge in [0.1, 0.15) is 11.7 Å². The Morgan fingerprint density at radius 2 is 2.17 bits per heavy atom. The molecule has 0 bridgehead atoms. The topological polar surface area (TPSA) is 108 Å². The first kappa shape index (κ1) is 17.4. The Labute approximate surface area is 137 Å². The lowest BCUT2D eigenvalue weighted by atomic mass is 10.2. The van der Waals surface area contributed by atoms with Crippen molar-refractivity contribution < 1.29 is 19.2 Å². The summed E-state index contributed by atoms with van der Waals surface area (Å²) in [5.41, 5.74) is -0.0305. The van der Waals surface area contributed by atoms with E-state index in [1.807, 2.05) is 0 Å². The van der Waals surface area contributed by atoms with E-state index in [1.54, 1.807) is 6.92 Å². The summed E-state index contributed by atoms with van der Waals surface area (Å²) in [4.78, 5) is 32.3. The average Bonchev–Trinajstić information content (AvgIpc) is 2.97. The molecule has 0 spiro atoms. The zero-order chi connectivity index (χ0) is 17.1. The first-order valence-corrected chi connectivity index (χ1v) is 7.38. The number of anilines is 1. The predicted molar refractivity (Wildman–Crippen MR) is 81.6 cm³/mol. The SMILES string of the molecule is CCc1nc(Cl)nc(N2C[C@H](OC)C[C@H]2C(=O)OC)c1[N+](=O)[O-]. The van der Waals surface area contributed by atoms with Gasteiger partial charge in [0.05, 0.1) is 18.1 Å². The third-order valence-electron chi connectivity index (χ3n) is 3.77. The second-order valence-electron chi connectivity index (χ2n) is 5.01. The van der Waals surface area contributed by atoms with Crippen LogP contribution in [0.3, 0.4) is 0 Å². The quantitative estimate of drug-likeness (QED) is 0.341. The van der Waals surface area contributed by atoms with Crippen molar-refractivity contribution in [3.05, 3.63) is 21.1 Å². The number of aryl methyl sites for hydroxylation is 1. The van der Waals surface area contributed by atoms with E-state index in [0.717, 1.165) is 0 Å². The second kappa shape index (κ2) is 7.05. The number of carbonyl (C=O) groups excluding carboxylic acids is 1. The van der Waals surface area contributed by atoms with Crippen LogP contribution < -0.4 is 4.90 Å². The Kier molecular flexibility index (Phi) is 5.32. The molecule has 9 nitrogen and oxygen atoms in total. The highest BCUT2D eigenvalue weighted by Crippen LogP contribution is 2.35. The molecule has 1 aliphatic heterocycles. The molecule has 1 saturated heterocycles. The zero-order valence-corrected chi connectivity index (χ0v) is 13.7. The number of carbonyl (C=O) groups is 1. The number of esters is 1. The molecule has 2 heterocycles. The molecule has 1 fully saturated rings. The van der Waals surface area contributed by atoms with E-state index in [-0.39, 0.29) is 35.1 Å². The molecule has 1 aromatic rings. The van der Waals surface area contributed by atoms with Crippen molar-refractivity contribution in [2.75, 3.05) is 25.7 Å². The van der Waals surface area contributed by atoms with Crippen LogP contribution in [0.5, 0.6) is 0 Å². The van der Waals surface area contributed by atoms with Gasteiger partial charge >= 0.3 is 11.7 Å². The number of aromatic nitrogens is 2. The van der Waals surface area contributed by atoms with Crippen molar-refractivity contribution in [2.45, 2.75) is 31.9 Å². The molecule has 0 saturated carbocycles. The van der Waals surface area contributed by atoms with Gasteiger partial charge in [-0.25, -0.2) is 9.78 Å². The van der Waals surface area contributed by atoms with Crippen molar-refractivity contribution >= 4 is 29.1 Å². The molecule has 126 valence electrons. The first-order valence-electron chi connectivity index (χ1n) is 7.00. The minimum atomic E-state index is -0.723. The maximum Gasteiger partial charge on any atom is 0.332 e. The van der Waals surface area contributed by atoms with E-state index >= 15 is 0 Å². The maximum absolute atomic E-state index is 12.0. The summed E-state index contributed by atoms with van der Waals surface area (Å²) in [5, 5.41) is 11.4. The number of rotatable bonds is 5. The van der Waals surface area contributed by atoms with Crippen LogP contribution in [0.4, 0.5) is 11.5 Å². The fraction of sp³-hybridized carbons (Fsp3) is 0.615. The molecule has 0 amide bonds. The van der Waals surface area contributed by atoms with Gasteiger partial charge in [0.25, 0.3) is 0 Å². The first-order chi connectivity index (χ1) is 10.9. The molecular formula is C13H17ClN4O5. The molecule has 0 aliphatic carbocycles. The monoisotopic (exact) mass is 344 g/mol. The maximum atomic E-state index is 12.0. The Morgan fingerprint density at radius 3 is 2.70 bits per heavy atom. The lowest BCUT2D eigenvalue weighted by molar-refractivity contribution is -0.385. The largest absolute Gasteiger partial charge is 0.467 e. The summed E-state index contributed by atoms with van der Waals surface area (Å²) in [6, 6.07) is -0.723. The minimum absolute atomic E-state index is 0.0156. The minimum Gasteiger partial charge on any atom is -0.467 e. The van der Waals surface area contributed by atoms with Crippen LogP contribution in [0.1, 0.15) is 19.0 Å². The van der Waals surface area contributed by atoms with Gasteiger partial charge in [-0.3, -0.25) is 10.1 Å².